The molecule has 0 atom stereocenters. The fraction of sp³-hybridized carbons (Fsp3) is 0.667. The number of sulfone groups is 1. The normalized spacial score (nSPS) is 11.9. The van der Waals surface area contributed by atoms with Gasteiger partial charge < -0.3 is 10.3 Å². The summed E-state index contributed by atoms with van der Waals surface area (Å²) in [5, 5.41) is 3.15. The summed E-state index contributed by atoms with van der Waals surface area (Å²) in [5.74, 6) is 1.13. The van der Waals surface area contributed by atoms with E-state index in [4.69, 9.17) is 0 Å². The van der Waals surface area contributed by atoms with Crippen molar-refractivity contribution in [3.8, 4) is 0 Å². The van der Waals surface area contributed by atoms with Crippen LogP contribution < -0.4 is 5.32 Å². The van der Waals surface area contributed by atoms with Crippen molar-refractivity contribution in [2.45, 2.75) is 19.9 Å². The van der Waals surface area contributed by atoms with E-state index in [1.54, 1.807) is 6.20 Å². The fourth-order valence-electron chi connectivity index (χ4n) is 1.24. The minimum atomic E-state index is -2.83. The van der Waals surface area contributed by atoms with E-state index in [0.29, 0.717) is 19.5 Å². The fourth-order valence-corrected chi connectivity index (χ4v) is 1.91. The number of nitrogens with zero attached hydrogens (tertiary/aromatic N) is 1. The van der Waals surface area contributed by atoms with Gasteiger partial charge in [-0.05, 0) is 19.9 Å². The first-order valence-corrected chi connectivity index (χ1v) is 6.92. The third-order valence-corrected chi connectivity index (χ3v) is 2.97. The third kappa shape index (κ3) is 5.54. The van der Waals surface area contributed by atoms with E-state index < -0.39 is 9.84 Å². The van der Waals surface area contributed by atoms with Crippen molar-refractivity contribution in [3.63, 3.8) is 0 Å². The van der Waals surface area contributed by atoms with Crippen LogP contribution in [-0.4, -0.2) is 36.9 Å². The second-order valence-corrected chi connectivity index (χ2v) is 5.91. The molecule has 6 heteroatoms. The maximum Gasteiger partial charge on any atom is 0.147 e. The van der Waals surface area contributed by atoms with Gasteiger partial charge in [0.25, 0.3) is 0 Å². The Morgan fingerprint density at radius 2 is 2.27 bits per heavy atom. The summed E-state index contributed by atoms with van der Waals surface area (Å²) in [4.78, 5) is 7.15. The SMILES string of the molecule is Cc1ncc(CNCCCS(C)(=O)=O)[nH]1. The van der Waals surface area contributed by atoms with Crippen LogP contribution in [0.5, 0.6) is 0 Å². The molecule has 86 valence electrons. The molecule has 0 aromatic carbocycles. The Kier molecular flexibility index (Phi) is 4.28. The van der Waals surface area contributed by atoms with Crippen molar-refractivity contribution < 1.29 is 8.42 Å². The summed E-state index contributed by atoms with van der Waals surface area (Å²) in [5.41, 5.74) is 1.02. The molecule has 0 amide bonds. The van der Waals surface area contributed by atoms with E-state index in [1.165, 1.54) is 6.26 Å². The second-order valence-electron chi connectivity index (χ2n) is 3.65. The van der Waals surface area contributed by atoms with E-state index in [-0.39, 0.29) is 5.75 Å². The molecule has 1 heterocycles. The Hall–Kier alpha value is -0.880. The lowest BCUT2D eigenvalue weighted by molar-refractivity contribution is 0.594. The van der Waals surface area contributed by atoms with Crippen molar-refractivity contribution in [3.05, 3.63) is 17.7 Å². The smallest absolute Gasteiger partial charge is 0.147 e. The van der Waals surface area contributed by atoms with Gasteiger partial charge in [-0.2, -0.15) is 0 Å². The average molecular weight is 231 g/mol. The maximum atomic E-state index is 10.8. The molecule has 1 rings (SSSR count). The minimum Gasteiger partial charge on any atom is -0.345 e. The van der Waals surface area contributed by atoms with Gasteiger partial charge in [-0.3, -0.25) is 0 Å². The first-order valence-electron chi connectivity index (χ1n) is 4.86. The zero-order valence-corrected chi connectivity index (χ0v) is 9.89. The molecule has 0 radical (unpaired) electrons. The van der Waals surface area contributed by atoms with Gasteiger partial charge in [0.2, 0.25) is 0 Å². The highest BCUT2D eigenvalue weighted by molar-refractivity contribution is 7.90. The lowest BCUT2D eigenvalue weighted by atomic mass is 10.4. The van der Waals surface area contributed by atoms with Crippen LogP contribution in [0.4, 0.5) is 0 Å². The summed E-state index contributed by atoms with van der Waals surface area (Å²) >= 11 is 0. The predicted molar refractivity (Wildman–Crippen MR) is 59.4 cm³/mol. The van der Waals surface area contributed by atoms with Crippen LogP contribution >= 0.6 is 0 Å². The Labute approximate surface area is 90.2 Å². The number of aromatic nitrogens is 2. The van der Waals surface area contributed by atoms with Gasteiger partial charge in [-0.15, -0.1) is 0 Å². The van der Waals surface area contributed by atoms with Crippen LogP contribution in [0.25, 0.3) is 0 Å². The molecule has 0 unspecified atom stereocenters. The van der Waals surface area contributed by atoms with Crippen molar-refractivity contribution in [1.29, 1.82) is 0 Å². The summed E-state index contributed by atoms with van der Waals surface area (Å²) < 4.78 is 21.6. The predicted octanol–water partition coefficient (Wildman–Crippen LogP) is 0.242. The first kappa shape index (κ1) is 12.2. The largest absolute Gasteiger partial charge is 0.345 e. The van der Waals surface area contributed by atoms with Crippen LogP contribution in [0.3, 0.4) is 0 Å². The minimum absolute atomic E-state index is 0.238. The maximum absolute atomic E-state index is 10.8. The molecule has 2 N–H and O–H groups in total. The van der Waals surface area contributed by atoms with Crippen molar-refractivity contribution >= 4 is 9.84 Å². The van der Waals surface area contributed by atoms with Crippen molar-refractivity contribution in [1.82, 2.24) is 15.3 Å². The van der Waals surface area contributed by atoms with Gasteiger partial charge in [0.1, 0.15) is 15.7 Å². The van der Waals surface area contributed by atoms with Gasteiger partial charge in [-0.1, -0.05) is 0 Å². The molecule has 0 aliphatic carbocycles. The first-order chi connectivity index (χ1) is 6.97. The molecule has 0 saturated carbocycles. The standard InChI is InChI=1S/C9H17N3O2S/c1-8-11-7-9(12-8)6-10-4-3-5-15(2,13)14/h7,10H,3-6H2,1-2H3,(H,11,12). The topological polar surface area (TPSA) is 74.8 Å². The van der Waals surface area contributed by atoms with Gasteiger partial charge in [-0.25, -0.2) is 13.4 Å². The Morgan fingerprint density at radius 3 is 2.80 bits per heavy atom. The highest BCUT2D eigenvalue weighted by Crippen LogP contribution is 1.94. The number of nitrogens with one attached hydrogen (secondary N) is 2. The molecule has 15 heavy (non-hydrogen) atoms. The summed E-state index contributed by atoms with van der Waals surface area (Å²) in [6, 6.07) is 0. The number of aryl methyl sites for hydroxylation is 1. The van der Waals surface area contributed by atoms with E-state index in [0.717, 1.165) is 11.5 Å². The number of rotatable bonds is 6. The van der Waals surface area contributed by atoms with E-state index >= 15 is 0 Å². The summed E-state index contributed by atoms with van der Waals surface area (Å²) in [6.07, 6.45) is 3.68. The molecule has 1 aromatic rings. The molecular formula is C9H17N3O2S. The molecule has 0 aliphatic heterocycles. The average Bonchev–Trinajstić information content (AvgIpc) is 2.49. The number of H-pyrrole nitrogens is 1. The monoisotopic (exact) mass is 231 g/mol. The quantitative estimate of drug-likeness (QED) is 0.688. The van der Waals surface area contributed by atoms with Gasteiger partial charge >= 0.3 is 0 Å². The zero-order chi connectivity index (χ0) is 11.3. The number of aromatic amines is 1. The van der Waals surface area contributed by atoms with Crippen LogP contribution in [0.15, 0.2) is 6.20 Å². The Balaban J connectivity index is 2.12. The number of hydrogen-bond acceptors (Lipinski definition) is 4. The molecule has 0 aliphatic rings. The third-order valence-electron chi connectivity index (χ3n) is 1.94. The molecular weight excluding hydrogens is 214 g/mol. The Bertz CT molecular complexity index is 397. The van der Waals surface area contributed by atoms with E-state index in [1.807, 2.05) is 6.92 Å². The molecule has 0 bridgehead atoms. The molecule has 0 spiro atoms. The lowest BCUT2D eigenvalue weighted by Gasteiger charge is -2.01. The van der Waals surface area contributed by atoms with Crippen molar-refractivity contribution in [2.24, 2.45) is 0 Å². The molecule has 0 fully saturated rings. The molecule has 0 saturated heterocycles. The van der Waals surface area contributed by atoms with Crippen LogP contribution in [0, 0.1) is 6.92 Å². The summed E-state index contributed by atoms with van der Waals surface area (Å²) in [6.45, 7) is 3.29. The van der Waals surface area contributed by atoms with E-state index in [9.17, 15) is 8.42 Å². The highest BCUT2D eigenvalue weighted by Gasteiger charge is 2.01. The molecule has 1 aromatic heterocycles. The highest BCUT2D eigenvalue weighted by atomic mass is 32.2. The lowest BCUT2D eigenvalue weighted by Crippen LogP contribution is -2.18. The van der Waals surface area contributed by atoms with Gasteiger partial charge in [0, 0.05) is 24.7 Å². The van der Waals surface area contributed by atoms with E-state index in [2.05, 4.69) is 15.3 Å². The van der Waals surface area contributed by atoms with Crippen LogP contribution in [-0.2, 0) is 16.4 Å². The summed E-state index contributed by atoms with van der Waals surface area (Å²) in [7, 11) is -2.83. The van der Waals surface area contributed by atoms with Crippen LogP contribution in [0.2, 0.25) is 0 Å². The van der Waals surface area contributed by atoms with Gasteiger partial charge in [0.05, 0.1) is 5.75 Å². The number of imidazole rings is 1. The van der Waals surface area contributed by atoms with Gasteiger partial charge in [0.15, 0.2) is 0 Å². The second kappa shape index (κ2) is 5.27. The zero-order valence-electron chi connectivity index (χ0n) is 9.08. The molecule has 5 nitrogen and oxygen atoms in total. The number of hydrogen-bond donors (Lipinski definition) is 2. The van der Waals surface area contributed by atoms with Crippen LogP contribution in [0.1, 0.15) is 17.9 Å². The Morgan fingerprint density at radius 1 is 1.53 bits per heavy atom. The van der Waals surface area contributed by atoms with Crippen molar-refractivity contribution in [2.75, 3.05) is 18.6 Å².